The van der Waals surface area contributed by atoms with Gasteiger partial charge in [0, 0.05) is 29.5 Å². The fraction of sp³-hybridized carbons (Fsp3) is 0.500. The lowest BCUT2D eigenvalue weighted by molar-refractivity contribution is -0.189. The zero-order valence-electron chi connectivity index (χ0n) is 28.5. The van der Waals surface area contributed by atoms with Gasteiger partial charge in [0.1, 0.15) is 6.61 Å². The molecule has 8 rings (SSSR count). The van der Waals surface area contributed by atoms with Gasteiger partial charge in [-0.2, -0.15) is 0 Å². The number of benzene rings is 1. The van der Waals surface area contributed by atoms with Crippen LogP contribution in [0.3, 0.4) is 0 Å². The minimum Gasteiger partial charge on any atom is -0.457 e. The van der Waals surface area contributed by atoms with Gasteiger partial charge in [0.25, 0.3) is 5.56 Å². The number of para-hydroxylation sites is 1. The van der Waals surface area contributed by atoms with Crippen molar-refractivity contribution < 1.29 is 28.7 Å². The molecule has 2 aromatic heterocycles. The maximum Gasteiger partial charge on any atom is 0.355 e. The average Bonchev–Trinajstić information content (AvgIpc) is 3.89. The van der Waals surface area contributed by atoms with Crippen LogP contribution in [0.25, 0.3) is 22.3 Å². The highest BCUT2D eigenvalue weighted by molar-refractivity contribution is 6.06. The fourth-order valence-corrected chi connectivity index (χ4v) is 9.11. The first kappa shape index (κ1) is 32.6. The summed E-state index contributed by atoms with van der Waals surface area (Å²) in [4.78, 5) is 72.3. The number of unbranched alkanes of at least 4 members (excludes halogenated alkanes) is 7. The maximum atomic E-state index is 13.7. The molecule has 1 saturated heterocycles. The summed E-state index contributed by atoms with van der Waals surface area (Å²) in [7, 11) is 0. The Balaban J connectivity index is 0.815. The number of allylic oxidation sites excluding steroid dienone is 2. The Morgan fingerprint density at radius 2 is 1.60 bits per heavy atom. The number of hydrogen-bond donors (Lipinski definition) is 0. The van der Waals surface area contributed by atoms with E-state index in [0.717, 1.165) is 67.8 Å². The smallest absolute Gasteiger partial charge is 0.355 e. The Morgan fingerprint density at radius 3 is 2.32 bits per heavy atom. The number of imide groups is 1. The molecular weight excluding hydrogens is 634 g/mol. The molecular formula is C40H43N3O7. The SMILES string of the molecule is CC[C@]1(OC(=O)CCCCCCCCCCN2C(=O)[C@@H]3[C@H](C2=O)[C@H]2C=C[C@@H]3C2)C(=O)OCc2c1cc1n(c2=O)Cc2cc3ccccc3nc2-1. The number of rotatable bonds is 13. The number of fused-ring (bicyclic) bond motifs is 10. The predicted molar refractivity (Wildman–Crippen MR) is 184 cm³/mol. The number of esters is 2. The van der Waals surface area contributed by atoms with Gasteiger partial charge >= 0.3 is 11.9 Å². The van der Waals surface area contributed by atoms with Crippen LogP contribution in [0.1, 0.15) is 94.2 Å². The summed E-state index contributed by atoms with van der Waals surface area (Å²) in [5, 5.41) is 0.990. The van der Waals surface area contributed by atoms with Crippen LogP contribution in [-0.4, -0.2) is 44.7 Å². The third-order valence-electron chi connectivity index (χ3n) is 11.7. The van der Waals surface area contributed by atoms with Crippen LogP contribution in [0.15, 0.2) is 53.3 Å². The van der Waals surface area contributed by atoms with Gasteiger partial charge in [0.15, 0.2) is 0 Å². The van der Waals surface area contributed by atoms with Gasteiger partial charge in [-0.05, 0) is 55.7 Å². The van der Waals surface area contributed by atoms with Crippen LogP contribution in [-0.2, 0) is 47.4 Å². The molecule has 0 radical (unpaired) electrons. The number of likely N-dealkylation sites (tertiary alicyclic amines) is 1. The van der Waals surface area contributed by atoms with E-state index < -0.39 is 17.5 Å². The number of nitrogens with zero attached hydrogens (tertiary/aromatic N) is 3. The Hall–Kier alpha value is -4.60. The highest BCUT2D eigenvalue weighted by atomic mass is 16.6. The number of aromatic nitrogens is 2. The molecule has 50 heavy (non-hydrogen) atoms. The van der Waals surface area contributed by atoms with Crippen molar-refractivity contribution in [3.8, 4) is 11.4 Å². The van der Waals surface area contributed by atoms with Gasteiger partial charge in [0.2, 0.25) is 17.4 Å². The second-order valence-electron chi connectivity index (χ2n) is 14.6. The summed E-state index contributed by atoms with van der Waals surface area (Å²) >= 11 is 0. The number of carbonyl (C=O) groups is 4. The molecule has 5 aliphatic rings. The highest BCUT2D eigenvalue weighted by Crippen LogP contribution is 2.52. The summed E-state index contributed by atoms with van der Waals surface area (Å²) < 4.78 is 13.1. The van der Waals surface area contributed by atoms with Gasteiger partial charge < -0.3 is 14.0 Å². The topological polar surface area (TPSA) is 125 Å². The number of ether oxygens (including phenoxy) is 2. The van der Waals surface area contributed by atoms with E-state index >= 15 is 0 Å². The van der Waals surface area contributed by atoms with Crippen molar-refractivity contribution in [2.24, 2.45) is 23.7 Å². The highest BCUT2D eigenvalue weighted by Gasteiger charge is 2.59. The van der Waals surface area contributed by atoms with Crippen molar-refractivity contribution in [2.75, 3.05) is 6.54 Å². The first-order chi connectivity index (χ1) is 24.3. The van der Waals surface area contributed by atoms with Gasteiger partial charge in [-0.15, -0.1) is 0 Å². The molecule has 5 heterocycles. The lowest BCUT2D eigenvalue weighted by atomic mass is 9.85. The first-order valence-corrected chi connectivity index (χ1v) is 18.4. The summed E-state index contributed by atoms with van der Waals surface area (Å²) in [6, 6.07) is 11.6. The second-order valence-corrected chi connectivity index (χ2v) is 14.6. The van der Waals surface area contributed by atoms with Crippen LogP contribution < -0.4 is 5.56 Å². The van der Waals surface area contributed by atoms with Crippen molar-refractivity contribution in [1.82, 2.24) is 14.5 Å². The van der Waals surface area contributed by atoms with Gasteiger partial charge in [0.05, 0.1) is 40.8 Å². The Bertz CT molecular complexity index is 1970. The quantitative estimate of drug-likeness (QED) is 0.0736. The van der Waals surface area contributed by atoms with Crippen LogP contribution in [0.2, 0.25) is 0 Å². The lowest BCUT2D eigenvalue weighted by Crippen LogP contribution is -2.47. The molecule has 2 aliphatic carbocycles. The fourth-order valence-electron chi connectivity index (χ4n) is 9.11. The van der Waals surface area contributed by atoms with Crippen molar-refractivity contribution in [3.05, 3.63) is 75.6 Å². The molecule has 0 spiro atoms. The molecule has 0 unspecified atom stereocenters. The molecule has 5 atom stereocenters. The van der Waals surface area contributed by atoms with E-state index in [9.17, 15) is 24.0 Å². The largest absolute Gasteiger partial charge is 0.457 e. The third-order valence-corrected chi connectivity index (χ3v) is 11.7. The standard InChI is InChI=1S/C40H43N3O7/c1-2-40(29-21-31-35-27(19-24-13-10-11-14-30(24)41-35)22-43(31)36(45)28(29)23-49-39(40)48)50-32(44)15-9-7-5-3-4-6-8-12-18-42-37(46)33-25-16-17-26(20-25)34(33)38(42)47/h10-11,13-14,16-17,19,21,25-26,33-34H,2-9,12,15,18,20,22-23H2,1H3/t25-,26+,33+,34-,40-/m1/s1. The van der Waals surface area contributed by atoms with E-state index in [-0.39, 0.29) is 60.5 Å². The molecule has 2 bridgehead atoms. The number of cyclic esters (lactones) is 1. The van der Waals surface area contributed by atoms with Crippen LogP contribution in [0.4, 0.5) is 0 Å². The summed E-state index contributed by atoms with van der Waals surface area (Å²) in [6.07, 6.45) is 12.9. The van der Waals surface area contributed by atoms with Gasteiger partial charge in [-0.3, -0.25) is 24.1 Å². The zero-order chi connectivity index (χ0) is 34.6. The van der Waals surface area contributed by atoms with Crippen molar-refractivity contribution in [1.29, 1.82) is 0 Å². The lowest BCUT2D eigenvalue weighted by Gasteiger charge is -2.35. The summed E-state index contributed by atoms with van der Waals surface area (Å²) in [5.41, 5.74) is 1.85. The van der Waals surface area contributed by atoms with Crippen LogP contribution in [0.5, 0.6) is 0 Å². The number of amides is 2. The third kappa shape index (κ3) is 5.29. The van der Waals surface area contributed by atoms with E-state index in [4.69, 9.17) is 14.5 Å². The normalized spacial score (nSPS) is 25.5. The van der Waals surface area contributed by atoms with Crippen molar-refractivity contribution in [3.63, 3.8) is 0 Å². The molecule has 3 aromatic rings. The molecule has 2 amide bonds. The number of hydrogen-bond acceptors (Lipinski definition) is 8. The van der Waals surface area contributed by atoms with Crippen molar-refractivity contribution in [2.45, 2.75) is 96.3 Å². The zero-order valence-corrected chi connectivity index (χ0v) is 28.5. The Kier molecular flexibility index (Phi) is 8.43. The van der Waals surface area contributed by atoms with Gasteiger partial charge in [-0.25, -0.2) is 9.78 Å². The maximum absolute atomic E-state index is 13.7. The monoisotopic (exact) mass is 677 g/mol. The van der Waals surface area contributed by atoms with E-state index in [0.29, 0.717) is 42.0 Å². The molecule has 0 N–H and O–H groups in total. The van der Waals surface area contributed by atoms with E-state index in [1.807, 2.05) is 30.3 Å². The molecule has 260 valence electrons. The van der Waals surface area contributed by atoms with Crippen molar-refractivity contribution >= 4 is 34.7 Å². The second kappa shape index (κ2) is 12.9. The van der Waals surface area contributed by atoms with E-state index in [1.54, 1.807) is 17.6 Å². The molecule has 10 heteroatoms. The summed E-state index contributed by atoms with van der Waals surface area (Å²) in [5.74, 6) is -0.771. The van der Waals surface area contributed by atoms with Crippen LogP contribution >= 0.6 is 0 Å². The average molecular weight is 678 g/mol. The Labute approximate surface area is 290 Å². The van der Waals surface area contributed by atoms with Gasteiger partial charge in [-0.1, -0.05) is 75.8 Å². The van der Waals surface area contributed by atoms with E-state index in [1.165, 1.54) is 4.90 Å². The molecule has 1 aromatic carbocycles. The molecule has 1 saturated carbocycles. The first-order valence-electron chi connectivity index (χ1n) is 18.4. The number of pyridine rings is 2. The Morgan fingerprint density at radius 1 is 0.920 bits per heavy atom. The van der Waals surface area contributed by atoms with E-state index in [2.05, 4.69) is 12.2 Å². The number of carbonyl (C=O) groups excluding carboxylic acids is 4. The predicted octanol–water partition coefficient (Wildman–Crippen LogP) is 5.95. The molecule has 2 fully saturated rings. The summed E-state index contributed by atoms with van der Waals surface area (Å²) in [6.45, 7) is 2.51. The molecule has 10 nitrogen and oxygen atoms in total. The molecule has 3 aliphatic heterocycles. The van der Waals surface area contributed by atoms with Crippen LogP contribution in [0, 0.1) is 23.7 Å². The minimum atomic E-state index is -1.68. The minimum absolute atomic E-state index is 0.0411.